The third kappa shape index (κ3) is 3.37. The minimum atomic E-state index is -0.497. The first-order valence-corrected chi connectivity index (χ1v) is 8.89. The van der Waals surface area contributed by atoms with Gasteiger partial charge in [-0.3, -0.25) is 14.4 Å². The third-order valence-electron chi connectivity index (χ3n) is 4.56. The molecule has 30 heavy (non-hydrogen) atoms. The highest BCUT2D eigenvalue weighted by Crippen LogP contribution is 2.28. The zero-order valence-electron chi connectivity index (χ0n) is 15.4. The number of phenols is 2. The number of phenolic OH excluding ortho intramolecular Hbond substituents is 2. The van der Waals surface area contributed by atoms with Gasteiger partial charge in [-0.2, -0.15) is 5.10 Å². The Labute approximate surface area is 170 Å². The van der Waals surface area contributed by atoms with Gasteiger partial charge >= 0.3 is 0 Å². The van der Waals surface area contributed by atoms with Crippen LogP contribution in [0.5, 0.6) is 11.5 Å². The van der Waals surface area contributed by atoms with Crippen molar-refractivity contribution in [3.8, 4) is 11.5 Å². The first kappa shape index (κ1) is 18.9. The monoisotopic (exact) mass is 401 g/mol. The molecule has 0 spiro atoms. The molecule has 1 aliphatic heterocycles. The van der Waals surface area contributed by atoms with Crippen LogP contribution in [0.1, 0.15) is 36.6 Å². The van der Waals surface area contributed by atoms with E-state index in [1.807, 2.05) is 0 Å². The van der Waals surface area contributed by atoms with Crippen LogP contribution in [0.15, 0.2) is 71.8 Å². The van der Waals surface area contributed by atoms with Gasteiger partial charge in [-0.05, 0) is 60.2 Å². The number of anilines is 1. The molecule has 0 unspecified atom stereocenters. The molecule has 0 saturated heterocycles. The molecule has 3 N–H and O–H groups in total. The molecule has 0 aromatic heterocycles. The number of hydrazone groups is 1. The summed E-state index contributed by atoms with van der Waals surface area (Å²) >= 11 is 0. The summed E-state index contributed by atoms with van der Waals surface area (Å²) < 4.78 is 0. The quantitative estimate of drug-likeness (QED) is 0.269. The number of fused-ring (bicyclic) bond motifs is 1. The van der Waals surface area contributed by atoms with Gasteiger partial charge in [0.15, 0.2) is 11.5 Å². The summed E-state index contributed by atoms with van der Waals surface area (Å²) in [5, 5.41) is 22.5. The Kier molecular flexibility index (Phi) is 4.73. The highest BCUT2D eigenvalue weighted by atomic mass is 16.3. The van der Waals surface area contributed by atoms with Crippen molar-refractivity contribution in [1.29, 1.82) is 0 Å². The van der Waals surface area contributed by atoms with E-state index < -0.39 is 17.7 Å². The van der Waals surface area contributed by atoms with Gasteiger partial charge in [0.1, 0.15) is 0 Å². The summed E-state index contributed by atoms with van der Waals surface area (Å²) in [6.45, 7) is 0. The average Bonchev–Trinajstić information content (AvgIpc) is 3.01. The molecule has 0 aliphatic carbocycles. The van der Waals surface area contributed by atoms with Crippen LogP contribution < -0.4 is 10.3 Å². The lowest BCUT2D eigenvalue weighted by atomic mass is 10.1. The zero-order valence-corrected chi connectivity index (χ0v) is 15.4. The van der Waals surface area contributed by atoms with Crippen LogP contribution in [0.3, 0.4) is 0 Å². The number of carbonyl (C=O) groups is 3. The molecule has 3 aromatic carbocycles. The summed E-state index contributed by atoms with van der Waals surface area (Å²) in [5.41, 5.74) is 4.15. The van der Waals surface area contributed by atoms with E-state index in [9.17, 15) is 24.6 Å². The Bertz CT molecular complexity index is 1170. The number of carbonyl (C=O) groups excluding carboxylic acids is 3. The van der Waals surface area contributed by atoms with Gasteiger partial charge in [0.25, 0.3) is 17.7 Å². The SMILES string of the molecule is O=C(NN=Cc1ccc(O)c(O)c1)c1ccc(N2C(=O)c3ccccc3C2=O)cc1. The van der Waals surface area contributed by atoms with E-state index in [-0.39, 0.29) is 17.1 Å². The first-order chi connectivity index (χ1) is 14.5. The van der Waals surface area contributed by atoms with E-state index in [4.69, 9.17) is 0 Å². The van der Waals surface area contributed by atoms with Crippen LogP contribution in [-0.4, -0.2) is 34.1 Å². The normalized spacial score (nSPS) is 13.0. The Balaban J connectivity index is 1.45. The average molecular weight is 401 g/mol. The maximum atomic E-state index is 12.5. The summed E-state index contributed by atoms with van der Waals surface area (Å²) in [6, 6.07) is 16.7. The number of hydrogen-bond acceptors (Lipinski definition) is 6. The summed E-state index contributed by atoms with van der Waals surface area (Å²) in [6.07, 6.45) is 1.31. The molecule has 0 radical (unpaired) electrons. The van der Waals surface area contributed by atoms with Gasteiger partial charge in [0, 0.05) is 5.56 Å². The molecule has 1 aliphatic rings. The summed E-state index contributed by atoms with van der Waals surface area (Å²) in [7, 11) is 0. The van der Waals surface area contributed by atoms with Crippen molar-refractivity contribution in [3.05, 3.63) is 89.0 Å². The topological polar surface area (TPSA) is 119 Å². The Morgan fingerprint density at radius 3 is 2.10 bits per heavy atom. The number of imide groups is 1. The van der Waals surface area contributed by atoms with E-state index >= 15 is 0 Å². The number of rotatable bonds is 4. The molecule has 8 nitrogen and oxygen atoms in total. The van der Waals surface area contributed by atoms with Crippen molar-refractivity contribution >= 4 is 29.6 Å². The number of nitrogens with zero attached hydrogens (tertiary/aromatic N) is 2. The molecule has 8 heteroatoms. The van der Waals surface area contributed by atoms with Gasteiger partial charge in [0.05, 0.1) is 23.0 Å². The fourth-order valence-electron chi connectivity index (χ4n) is 3.04. The van der Waals surface area contributed by atoms with Crippen LogP contribution in [0.4, 0.5) is 5.69 Å². The van der Waals surface area contributed by atoms with Gasteiger partial charge in [-0.15, -0.1) is 0 Å². The van der Waals surface area contributed by atoms with Crippen molar-refractivity contribution in [2.24, 2.45) is 5.10 Å². The number of benzene rings is 3. The molecule has 1 heterocycles. The minimum absolute atomic E-state index is 0.255. The van der Waals surface area contributed by atoms with Crippen molar-refractivity contribution in [2.45, 2.75) is 0 Å². The smallest absolute Gasteiger partial charge is 0.271 e. The predicted octanol–water partition coefficient (Wildman–Crippen LogP) is 2.66. The number of hydrogen-bond donors (Lipinski definition) is 3. The van der Waals surface area contributed by atoms with Crippen molar-refractivity contribution in [2.75, 3.05) is 4.90 Å². The highest BCUT2D eigenvalue weighted by Gasteiger charge is 2.36. The Morgan fingerprint density at radius 2 is 1.50 bits per heavy atom. The number of aromatic hydroxyl groups is 2. The Hall–Kier alpha value is -4.46. The lowest BCUT2D eigenvalue weighted by Crippen LogP contribution is -2.29. The lowest BCUT2D eigenvalue weighted by Gasteiger charge is -2.14. The zero-order chi connectivity index (χ0) is 21.3. The second-order valence-corrected chi connectivity index (χ2v) is 6.49. The molecule has 148 valence electrons. The van der Waals surface area contributed by atoms with Crippen LogP contribution >= 0.6 is 0 Å². The number of nitrogens with one attached hydrogen (secondary N) is 1. The summed E-state index contributed by atoms with van der Waals surface area (Å²) in [5.74, 6) is -1.87. The fraction of sp³-hybridized carbons (Fsp3) is 0. The lowest BCUT2D eigenvalue weighted by molar-refractivity contribution is 0.0923. The van der Waals surface area contributed by atoms with Gasteiger partial charge in [0.2, 0.25) is 0 Å². The molecule has 4 rings (SSSR count). The van der Waals surface area contributed by atoms with E-state index in [0.29, 0.717) is 22.4 Å². The number of amides is 3. The van der Waals surface area contributed by atoms with Crippen molar-refractivity contribution < 1.29 is 24.6 Å². The molecular weight excluding hydrogens is 386 g/mol. The highest BCUT2D eigenvalue weighted by molar-refractivity contribution is 6.34. The van der Waals surface area contributed by atoms with Crippen molar-refractivity contribution in [1.82, 2.24) is 5.43 Å². The maximum Gasteiger partial charge on any atom is 0.271 e. The Morgan fingerprint density at radius 1 is 0.867 bits per heavy atom. The van der Waals surface area contributed by atoms with E-state index in [0.717, 1.165) is 4.90 Å². The van der Waals surface area contributed by atoms with Crippen LogP contribution in [0.25, 0.3) is 0 Å². The third-order valence-corrected chi connectivity index (χ3v) is 4.56. The largest absolute Gasteiger partial charge is 0.504 e. The molecule has 0 saturated carbocycles. The van der Waals surface area contributed by atoms with Crippen LogP contribution in [0.2, 0.25) is 0 Å². The second kappa shape index (κ2) is 7.51. The fourth-order valence-corrected chi connectivity index (χ4v) is 3.04. The van der Waals surface area contributed by atoms with E-state index in [1.54, 1.807) is 24.3 Å². The molecule has 0 fully saturated rings. The molecular formula is C22H15N3O5. The van der Waals surface area contributed by atoms with E-state index in [1.165, 1.54) is 48.7 Å². The molecule has 0 bridgehead atoms. The second-order valence-electron chi connectivity index (χ2n) is 6.49. The van der Waals surface area contributed by atoms with E-state index in [2.05, 4.69) is 10.5 Å². The molecule has 3 amide bonds. The maximum absolute atomic E-state index is 12.5. The molecule has 0 atom stereocenters. The van der Waals surface area contributed by atoms with Crippen molar-refractivity contribution in [3.63, 3.8) is 0 Å². The van der Waals surface area contributed by atoms with Gasteiger partial charge in [-0.25, -0.2) is 10.3 Å². The predicted molar refractivity (Wildman–Crippen MR) is 109 cm³/mol. The minimum Gasteiger partial charge on any atom is -0.504 e. The van der Waals surface area contributed by atoms with Gasteiger partial charge in [-0.1, -0.05) is 12.1 Å². The first-order valence-electron chi connectivity index (χ1n) is 8.89. The van der Waals surface area contributed by atoms with Crippen LogP contribution in [-0.2, 0) is 0 Å². The summed E-state index contributed by atoms with van der Waals surface area (Å²) in [4.78, 5) is 38.3. The molecule has 3 aromatic rings. The standard InChI is InChI=1S/C22H15N3O5/c26-18-10-5-13(11-19(18)27)12-23-24-20(28)14-6-8-15(9-7-14)25-21(29)16-3-1-2-4-17(16)22(25)30/h1-12,26-27H,(H,24,28). The van der Waals surface area contributed by atoms with Crippen LogP contribution in [0, 0.1) is 0 Å². The van der Waals surface area contributed by atoms with Gasteiger partial charge < -0.3 is 10.2 Å².